The quantitative estimate of drug-likeness (QED) is 0.662. The van der Waals surface area contributed by atoms with E-state index in [-0.39, 0.29) is 12.6 Å². The van der Waals surface area contributed by atoms with E-state index < -0.39 is 0 Å². The smallest absolute Gasteiger partial charge is 0.132 e. The second-order valence-electron chi connectivity index (χ2n) is 9.92. The maximum absolute atomic E-state index is 11.7. The van der Waals surface area contributed by atoms with Gasteiger partial charge in [-0.15, -0.1) is 0 Å². The Labute approximate surface area is 202 Å². The molecule has 3 fully saturated rings. The van der Waals surface area contributed by atoms with Crippen LogP contribution in [-0.2, 0) is 4.79 Å². The summed E-state index contributed by atoms with van der Waals surface area (Å²) in [6.45, 7) is 16.9. The van der Waals surface area contributed by atoms with E-state index in [2.05, 4.69) is 33.6 Å². The first-order valence-electron chi connectivity index (χ1n) is 13.3. The van der Waals surface area contributed by atoms with Crippen LogP contribution < -0.4 is 4.90 Å². The first kappa shape index (κ1) is 27.7. The molecule has 1 aromatic rings. The zero-order valence-corrected chi connectivity index (χ0v) is 22.2. The highest BCUT2D eigenvalue weighted by atomic mass is 16.3. The third kappa shape index (κ3) is 6.54. The Hall–Kier alpha value is -1.53. The molecule has 0 aromatic carbocycles. The van der Waals surface area contributed by atoms with Gasteiger partial charge < -0.3 is 10.0 Å². The lowest BCUT2D eigenvalue weighted by Gasteiger charge is -2.57. The Bertz CT molecular complexity index is 705. The number of nitrogens with zero attached hydrogens (tertiary/aromatic N) is 4. The van der Waals surface area contributed by atoms with Gasteiger partial charge in [-0.05, 0) is 50.9 Å². The van der Waals surface area contributed by atoms with Crippen LogP contribution >= 0.6 is 0 Å². The standard InChI is InChI=1S/C23H36N4O2.2C2H6/c1-16(2)22-24-12-20(13-25-22)26-8-9-27(21(14-26)15-28)19-10-23(11-19)6-4-18(5-7-23)17(3)29;2*1-2/h12-13,16,18-19,21,28H,4-11,14-15H2,1-3H3;2*1-2H3. The van der Waals surface area contributed by atoms with Crippen molar-refractivity contribution in [3.63, 3.8) is 0 Å². The predicted octanol–water partition coefficient (Wildman–Crippen LogP) is 5.06. The Morgan fingerprint density at radius 3 is 2.15 bits per heavy atom. The van der Waals surface area contributed by atoms with Gasteiger partial charge in [-0.3, -0.25) is 9.69 Å². The van der Waals surface area contributed by atoms with Crippen LogP contribution in [-0.4, -0.2) is 64.1 Å². The van der Waals surface area contributed by atoms with Gasteiger partial charge >= 0.3 is 0 Å². The van der Waals surface area contributed by atoms with Gasteiger partial charge in [0, 0.05) is 37.5 Å². The molecule has 0 amide bonds. The van der Waals surface area contributed by atoms with Gasteiger partial charge in [-0.1, -0.05) is 41.5 Å². The molecule has 0 radical (unpaired) electrons. The Kier molecular flexibility index (Phi) is 10.7. The van der Waals surface area contributed by atoms with Crippen molar-refractivity contribution >= 4 is 11.5 Å². The van der Waals surface area contributed by atoms with E-state index in [9.17, 15) is 9.90 Å². The molecule has 1 unspecified atom stereocenters. The maximum Gasteiger partial charge on any atom is 0.132 e. The van der Waals surface area contributed by atoms with Crippen LogP contribution in [0.5, 0.6) is 0 Å². The molecule has 1 N–H and O–H groups in total. The minimum atomic E-state index is 0.171. The van der Waals surface area contributed by atoms with Crippen molar-refractivity contribution in [3.8, 4) is 0 Å². The molecule has 3 aliphatic rings. The zero-order valence-electron chi connectivity index (χ0n) is 22.2. The van der Waals surface area contributed by atoms with Gasteiger partial charge in [0.1, 0.15) is 11.6 Å². The third-order valence-electron chi connectivity index (χ3n) is 7.71. The minimum absolute atomic E-state index is 0.171. The van der Waals surface area contributed by atoms with Crippen molar-refractivity contribution in [3.05, 3.63) is 18.2 Å². The van der Waals surface area contributed by atoms with Gasteiger partial charge in [-0.25, -0.2) is 9.97 Å². The van der Waals surface area contributed by atoms with E-state index in [4.69, 9.17) is 0 Å². The van der Waals surface area contributed by atoms with E-state index in [0.717, 1.165) is 44.0 Å². The normalized spacial score (nSPS) is 29.5. The van der Waals surface area contributed by atoms with E-state index in [1.165, 1.54) is 25.7 Å². The van der Waals surface area contributed by atoms with Crippen LogP contribution in [0.15, 0.2) is 12.4 Å². The average Bonchev–Trinajstić information content (AvgIpc) is 2.84. The molecule has 1 spiro atoms. The number of Topliss-reactive ketones (excluding diaryl/α,β-unsaturated/α-hetero) is 1. The van der Waals surface area contributed by atoms with Gasteiger partial charge in [0.05, 0.1) is 30.7 Å². The van der Waals surface area contributed by atoms with Crippen molar-refractivity contribution in [2.75, 3.05) is 31.1 Å². The summed E-state index contributed by atoms with van der Waals surface area (Å²) in [6, 6.07) is 0.757. The Morgan fingerprint density at radius 1 is 1.09 bits per heavy atom. The lowest BCUT2D eigenvalue weighted by atomic mass is 9.56. The third-order valence-corrected chi connectivity index (χ3v) is 7.71. The number of rotatable bonds is 5. The summed E-state index contributed by atoms with van der Waals surface area (Å²) in [7, 11) is 0. The Morgan fingerprint density at radius 2 is 1.67 bits per heavy atom. The van der Waals surface area contributed by atoms with Gasteiger partial charge in [-0.2, -0.15) is 0 Å². The number of anilines is 1. The predicted molar refractivity (Wildman–Crippen MR) is 137 cm³/mol. The number of hydrogen-bond acceptors (Lipinski definition) is 6. The number of hydrogen-bond donors (Lipinski definition) is 1. The molecule has 6 nitrogen and oxygen atoms in total. The summed E-state index contributed by atoms with van der Waals surface area (Å²) < 4.78 is 0. The number of piperazine rings is 1. The van der Waals surface area contributed by atoms with Crippen molar-refractivity contribution in [1.82, 2.24) is 14.9 Å². The summed E-state index contributed by atoms with van der Waals surface area (Å²) in [6.07, 6.45) is 10.9. The van der Waals surface area contributed by atoms with Gasteiger partial charge in [0.25, 0.3) is 0 Å². The molecular formula is C27H48N4O2. The van der Waals surface area contributed by atoms with E-state index in [1.807, 2.05) is 40.1 Å². The Balaban J connectivity index is 0.000000914. The molecule has 0 bridgehead atoms. The first-order chi connectivity index (χ1) is 15.9. The molecule has 1 aromatic heterocycles. The molecule has 33 heavy (non-hydrogen) atoms. The molecule has 188 valence electrons. The molecule has 1 atom stereocenters. The largest absolute Gasteiger partial charge is 0.395 e. The van der Waals surface area contributed by atoms with Crippen LogP contribution in [0.4, 0.5) is 5.69 Å². The number of aromatic nitrogens is 2. The number of carbonyl (C=O) groups is 1. The summed E-state index contributed by atoms with van der Waals surface area (Å²) in [5.41, 5.74) is 1.52. The van der Waals surface area contributed by atoms with Crippen molar-refractivity contribution in [2.24, 2.45) is 11.3 Å². The van der Waals surface area contributed by atoms with E-state index >= 15 is 0 Å². The fourth-order valence-corrected chi connectivity index (χ4v) is 5.76. The highest BCUT2D eigenvalue weighted by molar-refractivity contribution is 5.78. The second kappa shape index (κ2) is 12.8. The number of aliphatic hydroxyl groups is 1. The lowest BCUT2D eigenvalue weighted by Crippen LogP contribution is -2.63. The first-order valence-corrected chi connectivity index (χ1v) is 13.3. The molecule has 6 heteroatoms. The maximum atomic E-state index is 11.7. The number of aliphatic hydroxyl groups excluding tert-OH is 1. The fraction of sp³-hybridized carbons (Fsp3) is 0.815. The van der Waals surface area contributed by atoms with Crippen LogP contribution in [0.25, 0.3) is 0 Å². The summed E-state index contributed by atoms with van der Waals surface area (Å²) in [5.74, 6) is 1.89. The van der Waals surface area contributed by atoms with Crippen molar-refractivity contribution < 1.29 is 9.90 Å². The summed E-state index contributed by atoms with van der Waals surface area (Å²) in [4.78, 5) is 25.5. The van der Waals surface area contributed by atoms with Crippen molar-refractivity contribution in [2.45, 2.75) is 105 Å². The molecule has 2 saturated carbocycles. The van der Waals surface area contributed by atoms with Crippen LogP contribution in [0, 0.1) is 11.3 Å². The van der Waals surface area contributed by atoms with Crippen LogP contribution in [0.3, 0.4) is 0 Å². The zero-order chi connectivity index (χ0) is 24.6. The molecule has 1 saturated heterocycles. The molecule has 2 heterocycles. The highest BCUT2D eigenvalue weighted by Crippen LogP contribution is 2.54. The topological polar surface area (TPSA) is 69.6 Å². The van der Waals surface area contributed by atoms with Gasteiger partial charge in [0.2, 0.25) is 0 Å². The fourth-order valence-electron chi connectivity index (χ4n) is 5.76. The monoisotopic (exact) mass is 460 g/mol. The molecule has 4 rings (SSSR count). The molecular weight excluding hydrogens is 412 g/mol. The highest BCUT2D eigenvalue weighted by Gasteiger charge is 2.50. The summed E-state index contributed by atoms with van der Waals surface area (Å²) in [5, 5.41) is 10.1. The number of ketones is 1. The van der Waals surface area contributed by atoms with E-state index in [1.54, 1.807) is 6.92 Å². The summed E-state index contributed by atoms with van der Waals surface area (Å²) >= 11 is 0. The van der Waals surface area contributed by atoms with Crippen LogP contribution in [0.1, 0.15) is 98.7 Å². The minimum Gasteiger partial charge on any atom is -0.395 e. The average molecular weight is 461 g/mol. The molecule has 2 aliphatic carbocycles. The lowest BCUT2D eigenvalue weighted by molar-refractivity contribution is -0.124. The van der Waals surface area contributed by atoms with Gasteiger partial charge in [0.15, 0.2) is 0 Å². The van der Waals surface area contributed by atoms with Crippen molar-refractivity contribution in [1.29, 1.82) is 0 Å². The van der Waals surface area contributed by atoms with E-state index in [0.29, 0.717) is 29.1 Å². The molecule has 1 aliphatic heterocycles. The van der Waals surface area contributed by atoms with Crippen LogP contribution in [0.2, 0.25) is 0 Å². The SMILES string of the molecule is CC.CC.CC(=O)C1CCC2(CC1)CC(N1CCN(c3cnc(C(C)C)nc3)CC1CO)C2. The second-order valence-corrected chi connectivity index (χ2v) is 9.92. The number of carbonyl (C=O) groups excluding carboxylic acids is 1.